The number of phenolic OH excluding ortho intramolecular Hbond substituents is 1. The smallest absolute Gasteiger partial charge is 0.145 e. The Balaban J connectivity index is 2.00. The van der Waals surface area contributed by atoms with Crippen molar-refractivity contribution in [2.24, 2.45) is 0 Å². The first-order valence-corrected chi connectivity index (χ1v) is 13.5. The summed E-state index contributed by atoms with van der Waals surface area (Å²) < 4.78 is 228. The number of aromatic hydroxyl groups is 1. The van der Waals surface area contributed by atoms with Crippen molar-refractivity contribution in [3.8, 4) is 39.5 Å². The van der Waals surface area contributed by atoms with Gasteiger partial charge in [0, 0.05) is 65.4 Å². The molecule has 0 aliphatic heterocycles. The number of benzene rings is 3. The van der Waals surface area contributed by atoms with Gasteiger partial charge in [0.05, 0.1) is 22.3 Å². The van der Waals surface area contributed by atoms with Crippen LogP contribution in [0, 0.1) is 0 Å². The molecule has 5 rings (SSSR count). The Morgan fingerprint density at radius 3 is 2.02 bits per heavy atom. The summed E-state index contributed by atoms with van der Waals surface area (Å²) in [6.45, 7) is -30.6. The van der Waals surface area contributed by atoms with E-state index in [4.69, 9.17) is 42.0 Å². The van der Waals surface area contributed by atoms with Gasteiger partial charge >= 0.3 is 0 Å². The number of pyridine rings is 1. The van der Waals surface area contributed by atoms with Crippen molar-refractivity contribution < 1.29 is 42.1 Å². The zero-order valence-corrected chi connectivity index (χ0v) is 24.2. The number of para-hydroxylation sites is 1. The first kappa shape index (κ1) is 12.1. The van der Waals surface area contributed by atoms with Crippen LogP contribution in [0.3, 0.4) is 0 Å². The Morgan fingerprint density at radius 2 is 1.34 bits per heavy atom. The lowest BCUT2D eigenvalue weighted by Crippen LogP contribution is -2.23. The standard InChI is InChI=1S/C40H49N3O/c1-37(2,3)27-19-20-41-32(24-27)26-16-13-15-25(21-26)29-17-14-18-33-34(29)42-36(43(33)40(10,11)12)30-22-28(38(4,5)6)23-31(35(30)44)39(7,8)9/h13-24,44H,1-12H3/i1D3,2D3,3D3,4D3,5D3,6D3,7D3,8D3,9D3. The van der Waals surface area contributed by atoms with Crippen LogP contribution in [0.4, 0.5) is 0 Å². The molecule has 5 aromatic rings. The van der Waals surface area contributed by atoms with Crippen LogP contribution in [-0.4, -0.2) is 19.6 Å². The number of hydrogen-bond acceptors (Lipinski definition) is 3. The fraction of sp³-hybridized carbons (Fsp3) is 0.400. The highest BCUT2D eigenvalue weighted by Gasteiger charge is 2.30. The van der Waals surface area contributed by atoms with Crippen LogP contribution in [0.5, 0.6) is 5.75 Å². The zero-order valence-electron chi connectivity index (χ0n) is 51.2. The number of aromatic nitrogens is 3. The normalized spacial score (nSPS) is 24.8. The van der Waals surface area contributed by atoms with E-state index in [1.165, 1.54) is 28.8 Å². The van der Waals surface area contributed by atoms with Gasteiger partial charge in [0.25, 0.3) is 0 Å². The lowest BCUT2D eigenvalue weighted by molar-refractivity contribution is 0.410. The van der Waals surface area contributed by atoms with Gasteiger partial charge in [0.15, 0.2) is 0 Å². The van der Waals surface area contributed by atoms with E-state index in [-0.39, 0.29) is 33.9 Å². The number of imidazole rings is 1. The Labute approximate surface area is 302 Å². The van der Waals surface area contributed by atoms with Gasteiger partial charge in [-0.3, -0.25) is 4.98 Å². The first-order valence-electron chi connectivity index (χ1n) is 27.0. The summed E-state index contributed by atoms with van der Waals surface area (Å²) in [6.07, 6.45) is 1.06. The summed E-state index contributed by atoms with van der Waals surface area (Å²) in [5, 5.41) is 12.4. The lowest BCUT2D eigenvalue weighted by atomic mass is 9.78. The van der Waals surface area contributed by atoms with Crippen LogP contribution >= 0.6 is 0 Å². The van der Waals surface area contributed by atoms with Crippen LogP contribution < -0.4 is 0 Å². The second-order valence-corrected chi connectivity index (χ2v) is 11.8. The quantitative estimate of drug-likeness (QED) is 0.220. The molecule has 44 heavy (non-hydrogen) atoms. The minimum Gasteiger partial charge on any atom is -0.507 e. The first-order chi connectivity index (χ1) is 31.5. The van der Waals surface area contributed by atoms with Crippen LogP contribution in [0.1, 0.15) is 136 Å². The van der Waals surface area contributed by atoms with Gasteiger partial charge in [0.1, 0.15) is 11.6 Å². The third kappa shape index (κ3) is 5.92. The van der Waals surface area contributed by atoms with E-state index in [2.05, 4.69) is 4.98 Å². The van der Waals surface area contributed by atoms with E-state index >= 15 is 0 Å². The van der Waals surface area contributed by atoms with Gasteiger partial charge in [-0.25, -0.2) is 4.98 Å². The van der Waals surface area contributed by atoms with Gasteiger partial charge in [-0.15, -0.1) is 0 Å². The van der Waals surface area contributed by atoms with E-state index in [0.29, 0.717) is 11.6 Å². The molecule has 0 saturated heterocycles. The molecule has 0 amide bonds. The van der Waals surface area contributed by atoms with Crippen molar-refractivity contribution in [2.75, 3.05) is 0 Å². The van der Waals surface area contributed by atoms with Gasteiger partial charge < -0.3 is 9.67 Å². The summed E-state index contributed by atoms with van der Waals surface area (Å²) in [5.74, 6) is -1.90. The number of hydrogen-bond donors (Lipinski definition) is 1. The minimum absolute atomic E-state index is 0.0244. The molecule has 0 aliphatic rings. The fourth-order valence-electron chi connectivity index (χ4n) is 5.17. The third-order valence-electron chi connectivity index (χ3n) is 7.21. The summed E-state index contributed by atoms with van der Waals surface area (Å²) in [5.41, 5.74) is -16.1. The maximum absolute atomic E-state index is 12.4. The Bertz CT molecular complexity index is 2690. The van der Waals surface area contributed by atoms with Crippen LogP contribution in [-0.2, 0) is 21.8 Å². The van der Waals surface area contributed by atoms with E-state index in [0.717, 1.165) is 18.3 Å². The van der Waals surface area contributed by atoms with E-state index in [1.807, 2.05) is 0 Å². The van der Waals surface area contributed by atoms with Gasteiger partial charge in [-0.05, 0) is 84.0 Å². The molecule has 0 saturated carbocycles. The summed E-state index contributed by atoms with van der Waals surface area (Å²) in [4.78, 5) is 9.08. The second kappa shape index (κ2) is 10.6. The predicted octanol–water partition coefficient (Wildman–Crippen LogP) is 10.8. The number of rotatable bonds is 3. The van der Waals surface area contributed by atoms with Crippen molar-refractivity contribution in [1.29, 1.82) is 0 Å². The predicted molar refractivity (Wildman–Crippen MR) is 187 cm³/mol. The van der Waals surface area contributed by atoms with Crippen molar-refractivity contribution in [3.63, 3.8) is 0 Å². The zero-order chi connectivity index (χ0) is 54.9. The molecule has 230 valence electrons. The molecule has 0 unspecified atom stereocenters. The third-order valence-corrected chi connectivity index (χ3v) is 7.21. The highest BCUT2D eigenvalue weighted by Crippen LogP contribution is 2.44. The molecule has 0 aliphatic carbocycles. The monoisotopic (exact) mass is 615 g/mol. The molecule has 2 aromatic heterocycles. The molecule has 4 heteroatoms. The van der Waals surface area contributed by atoms with Gasteiger partial charge in [0.2, 0.25) is 0 Å². The number of phenols is 1. The molecule has 4 nitrogen and oxygen atoms in total. The molecule has 1 N–H and O–H groups in total. The van der Waals surface area contributed by atoms with Crippen molar-refractivity contribution >= 4 is 11.0 Å². The van der Waals surface area contributed by atoms with E-state index < -0.39 is 117 Å². The van der Waals surface area contributed by atoms with Crippen LogP contribution in [0.25, 0.3) is 44.8 Å². The number of nitrogens with zero attached hydrogens (tertiary/aromatic N) is 3. The molecule has 0 bridgehead atoms. The van der Waals surface area contributed by atoms with Crippen LogP contribution in [0.2, 0.25) is 0 Å². The highest BCUT2D eigenvalue weighted by molar-refractivity contribution is 5.95. The molecular weight excluding hydrogens is 538 g/mol. The summed E-state index contributed by atoms with van der Waals surface area (Å²) in [6, 6.07) is 13.5. The van der Waals surface area contributed by atoms with E-state index in [1.54, 1.807) is 39.0 Å². The molecule has 0 radical (unpaired) electrons. The highest BCUT2D eigenvalue weighted by atomic mass is 16.3. The number of fused-ring (bicyclic) bond motifs is 1. The molecular formula is C40H49N3O. The molecule has 0 fully saturated rings. The van der Waals surface area contributed by atoms with Crippen molar-refractivity contribution in [3.05, 3.63) is 89.6 Å². The Kier molecular flexibility index (Phi) is 2.92. The SMILES string of the molecule is [2H]C([2H])([2H])C(c1ccnc(-c2cccc(-c3cccc4c3nc(-c3cc(C(C([2H])([2H])[2H])(C([2H])([2H])[2H])C([2H])([2H])[2H])cc(C(C([2H])([2H])[2H])(C([2H])([2H])[2H])C([2H])([2H])[2H])c3O)n4C(C)(C)C)c2)c1)(C([2H])([2H])[2H])C([2H])([2H])[2H]. The Hall–Kier alpha value is -3.92. The lowest BCUT2D eigenvalue weighted by Gasteiger charge is -2.29. The van der Waals surface area contributed by atoms with Gasteiger partial charge in [-0.1, -0.05) is 98.1 Å². The van der Waals surface area contributed by atoms with Gasteiger partial charge in [-0.2, -0.15) is 0 Å². The topological polar surface area (TPSA) is 50.9 Å². The van der Waals surface area contributed by atoms with E-state index in [9.17, 15) is 5.11 Å². The fourth-order valence-corrected chi connectivity index (χ4v) is 5.17. The summed E-state index contributed by atoms with van der Waals surface area (Å²) in [7, 11) is 0. The van der Waals surface area contributed by atoms with Crippen molar-refractivity contribution in [2.45, 2.75) is 104 Å². The maximum Gasteiger partial charge on any atom is 0.145 e. The second-order valence-electron chi connectivity index (χ2n) is 11.8. The molecule has 0 atom stereocenters. The molecule has 0 spiro atoms. The van der Waals surface area contributed by atoms with Crippen molar-refractivity contribution in [1.82, 2.24) is 14.5 Å². The largest absolute Gasteiger partial charge is 0.507 e. The maximum atomic E-state index is 12.4. The molecule has 2 heterocycles. The summed E-state index contributed by atoms with van der Waals surface area (Å²) >= 11 is 0. The molecule has 3 aromatic carbocycles. The van der Waals surface area contributed by atoms with Crippen LogP contribution in [0.15, 0.2) is 72.9 Å². The average Bonchev–Trinajstić information content (AvgIpc) is 3.52. The minimum atomic E-state index is -4.16. The average molecular weight is 615 g/mol. The Morgan fingerprint density at radius 1 is 0.682 bits per heavy atom.